The highest BCUT2D eigenvalue weighted by molar-refractivity contribution is 5.78. The number of hydrogen-bond donors (Lipinski definition) is 4. The predicted octanol–water partition coefficient (Wildman–Crippen LogP) is 11.7. The van der Waals surface area contributed by atoms with E-state index in [0.29, 0.717) is 5.78 Å². The molecule has 0 heterocycles. The molecule has 0 bridgehead atoms. The lowest BCUT2D eigenvalue weighted by Crippen LogP contribution is -2.33. The number of rotatable bonds is 37. The van der Waals surface area contributed by atoms with Gasteiger partial charge in [0.25, 0.3) is 0 Å². The van der Waals surface area contributed by atoms with Gasteiger partial charge in [-0.2, -0.15) is 0 Å². The Morgan fingerprint density at radius 3 is 0.957 bits per heavy atom. The minimum absolute atomic E-state index is 0.0689. The third-order valence-electron chi connectivity index (χ3n) is 9.33. The average Bonchev–Trinajstić information content (AvgIpc) is 3.07. The molecule has 6 N–H and O–H groups in total. The molecule has 0 rings (SSSR count). The molecule has 0 radical (unpaired) electrons. The summed E-state index contributed by atoms with van der Waals surface area (Å²) in [6.45, 7) is 4.60. The molecule has 0 aliphatic heterocycles. The topological polar surface area (TPSA) is 110 Å². The van der Waals surface area contributed by atoms with E-state index in [1.807, 2.05) is 0 Å². The summed E-state index contributed by atoms with van der Waals surface area (Å²) in [5, 5.41) is 5.39. The third-order valence-corrected chi connectivity index (χ3v) is 9.33. The zero-order valence-corrected chi connectivity index (χ0v) is 32.1. The first-order chi connectivity index (χ1) is 23.1. The van der Waals surface area contributed by atoms with Crippen molar-refractivity contribution >= 4 is 11.8 Å². The Balaban J connectivity index is 0. The Labute approximate surface area is 294 Å². The first-order valence-electron chi connectivity index (χ1n) is 21.0. The molecular weight excluding hydrogens is 580 g/mol. The largest absolute Gasteiger partial charge is 0.341 e. The van der Waals surface area contributed by atoms with Crippen LogP contribution in [-0.4, -0.2) is 38.5 Å². The molecule has 6 nitrogen and oxygen atoms in total. The molecule has 6 heteroatoms. The summed E-state index contributed by atoms with van der Waals surface area (Å²) >= 11 is 0. The van der Waals surface area contributed by atoms with Gasteiger partial charge in [-0.25, -0.2) is 4.79 Å². The van der Waals surface area contributed by atoms with Gasteiger partial charge in [0.1, 0.15) is 5.78 Å². The Hall–Kier alpha value is -1.14. The van der Waals surface area contributed by atoms with Crippen molar-refractivity contribution in [2.24, 2.45) is 11.5 Å². The van der Waals surface area contributed by atoms with Crippen LogP contribution in [0.15, 0.2) is 0 Å². The summed E-state index contributed by atoms with van der Waals surface area (Å²) < 4.78 is 0. The summed E-state index contributed by atoms with van der Waals surface area (Å²) in [5.74, 6) is 0.466. The van der Waals surface area contributed by atoms with Crippen LogP contribution >= 0.6 is 0 Å². The number of carbonyl (C=O) groups excluding carboxylic acids is 2. The number of ketones is 1. The summed E-state index contributed by atoms with van der Waals surface area (Å²) in [5.41, 5.74) is 11.0. The van der Waals surface area contributed by atoms with Crippen molar-refractivity contribution in [3.63, 3.8) is 0 Å². The van der Waals surface area contributed by atoms with Crippen molar-refractivity contribution in [3.05, 3.63) is 0 Å². The lowest BCUT2D eigenvalue weighted by Gasteiger charge is -2.05. The molecule has 0 unspecified atom stereocenters. The lowest BCUT2D eigenvalue weighted by atomic mass is 10.0. The SMILES string of the molecule is CCCC(=O)CCCCCCCCCCCCCCCCCCN.CNC(=O)NCCCCCCCCCCCCCCCCCN. The Kier molecular flexibility index (Phi) is 45.8. The Morgan fingerprint density at radius 1 is 0.404 bits per heavy atom. The van der Waals surface area contributed by atoms with E-state index < -0.39 is 0 Å². The highest BCUT2D eigenvalue weighted by Gasteiger charge is 2.00. The normalized spacial score (nSPS) is 10.9. The Bertz CT molecular complexity index is 602. The maximum Gasteiger partial charge on any atom is 0.314 e. The van der Waals surface area contributed by atoms with Crippen molar-refractivity contribution in [1.29, 1.82) is 0 Å². The molecular formula is C41H86N4O2. The van der Waals surface area contributed by atoms with E-state index in [2.05, 4.69) is 17.6 Å². The number of urea groups is 1. The quantitative estimate of drug-likeness (QED) is 0.0494. The van der Waals surface area contributed by atoms with E-state index in [9.17, 15) is 9.59 Å². The van der Waals surface area contributed by atoms with E-state index in [1.54, 1.807) is 7.05 Å². The summed E-state index contributed by atoms with van der Waals surface area (Å²) in [6, 6.07) is -0.0689. The van der Waals surface area contributed by atoms with Crippen LogP contribution in [0.5, 0.6) is 0 Å². The molecule has 0 spiro atoms. The number of nitrogens with one attached hydrogen (secondary N) is 2. The van der Waals surface area contributed by atoms with E-state index in [0.717, 1.165) is 51.7 Å². The van der Waals surface area contributed by atoms with E-state index in [1.165, 1.54) is 186 Å². The molecule has 2 amide bonds. The highest BCUT2D eigenvalue weighted by atomic mass is 16.2. The smallest absolute Gasteiger partial charge is 0.314 e. The standard InChI is InChI=1S/C22H45NO.C19H41N3O/c1-2-19-22(24)20-17-15-13-11-9-7-5-3-4-6-8-10-12-14-16-18-21-23;1-21-19(23)22-18-16-14-12-10-8-6-4-2-3-5-7-9-11-13-15-17-20/h2-21,23H2,1H3;2-18,20H2,1H3,(H2,21,22,23). The number of carbonyl (C=O) groups is 2. The van der Waals surface area contributed by atoms with Crippen LogP contribution in [0.1, 0.15) is 225 Å². The molecule has 0 aromatic heterocycles. The molecule has 0 aromatic rings. The van der Waals surface area contributed by atoms with Crippen LogP contribution in [0.2, 0.25) is 0 Å². The summed E-state index contributed by atoms with van der Waals surface area (Å²) in [4.78, 5) is 22.3. The van der Waals surface area contributed by atoms with Gasteiger partial charge in [-0.05, 0) is 45.2 Å². The average molecular weight is 667 g/mol. The van der Waals surface area contributed by atoms with Crippen molar-refractivity contribution in [2.75, 3.05) is 26.7 Å². The monoisotopic (exact) mass is 667 g/mol. The van der Waals surface area contributed by atoms with Gasteiger partial charge in [0.05, 0.1) is 0 Å². The Morgan fingerprint density at radius 2 is 0.681 bits per heavy atom. The molecule has 0 atom stereocenters. The van der Waals surface area contributed by atoms with Gasteiger partial charge in [0, 0.05) is 26.4 Å². The van der Waals surface area contributed by atoms with Gasteiger partial charge in [0.2, 0.25) is 0 Å². The maximum atomic E-state index is 11.4. The van der Waals surface area contributed by atoms with Crippen LogP contribution in [0, 0.1) is 0 Å². The van der Waals surface area contributed by atoms with Crippen LogP contribution in [0.3, 0.4) is 0 Å². The second-order valence-corrected chi connectivity index (χ2v) is 14.1. The van der Waals surface area contributed by atoms with E-state index in [-0.39, 0.29) is 6.03 Å². The molecule has 0 saturated heterocycles. The zero-order valence-electron chi connectivity index (χ0n) is 32.1. The predicted molar refractivity (Wildman–Crippen MR) is 208 cm³/mol. The summed E-state index contributed by atoms with van der Waals surface area (Å²) in [6.07, 6.45) is 44.5. The van der Waals surface area contributed by atoms with Crippen LogP contribution in [-0.2, 0) is 4.79 Å². The minimum Gasteiger partial charge on any atom is -0.341 e. The van der Waals surface area contributed by atoms with Crippen LogP contribution in [0.25, 0.3) is 0 Å². The molecule has 282 valence electrons. The van der Waals surface area contributed by atoms with Gasteiger partial charge >= 0.3 is 6.03 Å². The fraction of sp³-hybridized carbons (Fsp3) is 0.951. The number of hydrogen-bond acceptors (Lipinski definition) is 4. The van der Waals surface area contributed by atoms with Crippen LogP contribution in [0.4, 0.5) is 4.79 Å². The lowest BCUT2D eigenvalue weighted by molar-refractivity contribution is -0.119. The molecule has 0 aromatic carbocycles. The molecule has 0 aliphatic rings. The van der Waals surface area contributed by atoms with E-state index in [4.69, 9.17) is 11.5 Å². The third kappa shape index (κ3) is 47.0. The molecule has 0 fully saturated rings. The fourth-order valence-electron chi connectivity index (χ4n) is 6.20. The summed E-state index contributed by atoms with van der Waals surface area (Å²) in [7, 11) is 1.65. The molecule has 0 saturated carbocycles. The van der Waals surface area contributed by atoms with Gasteiger partial charge < -0.3 is 22.1 Å². The fourth-order valence-corrected chi connectivity index (χ4v) is 6.20. The zero-order chi connectivity index (χ0) is 34.7. The van der Waals surface area contributed by atoms with Gasteiger partial charge in [-0.15, -0.1) is 0 Å². The number of amides is 2. The highest BCUT2D eigenvalue weighted by Crippen LogP contribution is 2.15. The van der Waals surface area contributed by atoms with Gasteiger partial charge in [-0.3, -0.25) is 4.79 Å². The first kappa shape index (κ1) is 48.0. The molecule has 47 heavy (non-hydrogen) atoms. The minimum atomic E-state index is -0.0689. The second-order valence-electron chi connectivity index (χ2n) is 14.1. The van der Waals surface area contributed by atoms with Crippen molar-refractivity contribution in [3.8, 4) is 0 Å². The van der Waals surface area contributed by atoms with Gasteiger partial charge in [-0.1, -0.05) is 180 Å². The number of Topliss-reactive ketones (excluding diaryl/α,β-unsaturated/α-hetero) is 1. The number of nitrogens with two attached hydrogens (primary N) is 2. The van der Waals surface area contributed by atoms with Crippen LogP contribution < -0.4 is 22.1 Å². The first-order valence-corrected chi connectivity index (χ1v) is 21.0. The van der Waals surface area contributed by atoms with Crippen molar-refractivity contribution in [2.45, 2.75) is 225 Å². The molecule has 0 aliphatic carbocycles. The van der Waals surface area contributed by atoms with Gasteiger partial charge in [0.15, 0.2) is 0 Å². The number of unbranched alkanes of at least 4 members (excludes halogenated alkanes) is 29. The van der Waals surface area contributed by atoms with Crippen molar-refractivity contribution < 1.29 is 9.59 Å². The van der Waals surface area contributed by atoms with E-state index >= 15 is 0 Å². The maximum absolute atomic E-state index is 11.4. The van der Waals surface area contributed by atoms with Crippen molar-refractivity contribution in [1.82, 2.24) is 10.6 Å². The second kappa shape index (κ2) is 44.9.